The number of carbonyl (C=O) groups is 2. The highest BCUT2D eigenvalue weighted by Gasteiger charge is 2.26. The second-order valence-corrected chi connectivity index (χ2v) is 10.8. The van der Waals surface area contributed by atoms with E-state index >= 15 is 0 Å². The first-order valence-corrected chi connectivity index (χ1v) is 13.9. The molecule has 0 atom stereocenters. The van der Waals surface area contributed by atoms with Crippen molar-refractivity contribution in [3.05, 3.63) is 89.4 Å². The number of benzene rings is 2. The Labute approximate surface area is 231 Å². The standard InChI is InChI=1S/C30H28N6O2S/c37-28-27(39-30(38)35-28)16-23-8-13-33-29(34-23)36-14-10-20(11-15-36)17-32-19-21-4-1-2-6-24(21)26-7-3-5-22-18-31-12-9-25(22)26/h1-9,12-13,16,18,20,32H,10-11,14-15,17,19H2,(H,35,37,38)/b27-16-. The molecule has 0 saturated carbocycles. The van der Waals surface area contributed by atoms with Gasteiger partial charge in [-0.05, 0) is 77.4 Å². The quantitative estimate of drug-likeness (QED) is 0.318. The summed E-state index contributed by atoms with van der Waals surface area (Å²) in [5.74, 6) is 0.854. The number of anilines is 1. The van der Waals surface area contributed by atoms with E-state index in [4.69, 9.17) is 0 Å². The molecule has 0 bridgehead atoms. The van der Waals surface area contributed by atoms with Gasteiger partial charge in [0.05, 0.1) is 10.6 Å². The lowest BCUT2D eigenvalue weighted by Crippen LogP contribution is -2.38. The number of nitrogens with zero attached hydrogens (tertiary/aromatic N) is 4. The van der Waals surface area contributed by atoms with Crippen molar-refractivity contribution in [1.29, 1.82) is 0 Å². The van der Waals surface area contributed by atoms with Crippen molar-refractivity contribution >= 4 is 45.7 Å². The second-order valence-electron chi connectivity index (χ2n) is 9.75. The Balaban J connectivity index is 1.05. The van der Waals surface area contributed by atoms with E-state index in [9.17, 15) is 9.59 Å². The molecule has 8 nitrogen and oxygen atoms in total. The van der Waals surface area contributed by atoms with Crippen LogP contribution in [0.4, 0.5) is 10.7 Å². The van der Waals surface area contributed by atoms with Crippen LogP contribution in [0.2, 0.25) is 0 Å². The van der Waals surface area contributed by atoms with Crippen LogP contribution in [0.1, 0.15) is 24.1 Å². The Morgan fingerprint density at radius 1 is 1.00 bits per heavy atom. The molecule has 2 N–H and O–H groups in total. The van der Waals surface area contributed by atoms with E-state index in [0.717, 1.165) is 56.2 Å². The molecule has 2 aromatic carbocycles. The number of rotatable bonds is 7. The second kappa shape index (κ2) is 11.3. The average Bonchev–Trinajstić information content (AvgIpc) is 3.29. The van der Waals surface area contributed by atoms with Crippen LogP contribution in [0.5, 0.6) is 0 Å². The monoisotopic (exact) mass is 536 g/mol. The van der Waals surface area contributed by atoms with E-state index in [0.29, 0.717) is 22.5 Å². The molecule has 2 saturated heterocycles. The SMILES string of the molecule is O=C1NC(=O)/C(=C/c2ccnc(N3CCC(CNCc4ccccc4-c4cccc5cnccc45)CC3)n2)S1. The first-order chi connectivity index (χ1) is 19.1. The molecule has 39 heavy (non-hydrogen) atoms. The summed E-state index contributed by atoms with van der Waals surface area (Å²) in [6.45, 7) is 3.52. The summed E-state index contributed by atoms with van der Waals surface area (Å²) in [6.07, 6.45) is 9.21. The van der Waals surface area contributed by atoms with Crippen molar-refractivity contribution in [1.82, 2.24) is 25.6 Å². The van der Waals surface area contributed by atoms with E-state index < -0.39 is 0 Å². The van der Waals surface area contributed by atoms with Crippen molar-refractivity contribution < 1.29 is 9.59 Å². The predicted molar refractivity (Wildman–Crippen MR) is 155 cm³/mol. The molecule has 6 rings (SSSR count). The first kappa shape index (κ1) is 25.2. The van der Waals surface area contributed by atoms with Gasteiger partial charge in [0.2, 0.25) is 5.95 Å². The molecule has 2 aromatic heterocycles. The zero-order valence-electron chi connectivity index (χ0n) is 21.3. The van der Waals surface area contributed by atoms with Crippen LogP contribution in [0, 0.1) is 5.92 Å². The molecule has 0 radical (unpaired) electrons. The molecule has 2 aliphatic heterocycles. The molecule has 9 heteroatoms. The Hall–Kier alpha value is -4.08. The zero-order valence-corrected chi connectivity index (χ0v) is 22.2. The maximum absolute atomic E-state index is 11.8. The minimum Gasteiger partial charge on any atom is -0.341 e. The third-order valence-electron chi connectivity index (χ3n) is 7.22. The Kier molecular flexibility index (Phi) is 7.33. The van der Waals surface area contributed by atoms with Crippen LogP contribution in [0.15, 0.2) is 78.1 Å². The maximum atomic E-state index is 11.8. The van der Waals surface area contributed by atoms with Crippen LogP contribution in [0.25, 0.3) is 28.0 Å². The third kappa shape index (κ3) is 5.69. The summed E-state index contributed by atoms with van der Waals surface area (Å²) in [7, 11) is 0. The van der Waals surface area contributed by atoms with E-state index in [-0.39, 0.29) is 11.1 Å². The lowest BCUT2D eigenvalue weighted by atomic mass is 9.94. The van der Waals surface area contributed by atoms with Crippen molar-refractivity contribution in [3.8, 4) is 11.1 Å². The summed E-state index contributed by atoms with van der Waals surface area (Å²) in [5, 5.41) is 7.98. The fraction of sp³-hybridized carbons (Fsp3) is 0.233. The largest absolute Gasteiger partial charge is 0.341 e. The van der Waals surface area contributed by atoms with E-state index in [1.807, 2.05) is 12.4 Å². The molecule has 2 amide bonds. The lowest BCUT2D eigenvalue weighted by molar-refractivity contribution is -0.115. The average molecular weight is 537 g/mol. The summed E-state index contributed by atoms with van der Waals surface area (Å²) in [4.78, 5) is 39.2. The molecule has 0 spiro atoms. The van der Waals surface area contributed by atoms with Gasteiger partial charge in [-0.1, -0.05) is 42.5 Å². The van der Waals surface area contributed by atoms with Crippen molar-refractivity contribution in [3.63, 3.8) is 0 Å². The van der Waals surface area contributed by atoms with Crippen LogP contribution < -0.4 is 15.5 Å². The van der Waals surface area contributed by atoms with E-state index in [2.05, 4.69) is 79.0 Å². The molecule has 0 aliphatic carbocycles. The van der Waals surface area contributed by atoms with Gasteiger partial charge in [-0.2, -0.15) is 0 Å². The van der Waals surface area contributed by atoms with Crippen LogP contribution >= 0.6 is 11.8 Å². The van der Waals surface area contributed by atoms with Crippen molar-refractivity contribution in [2.24, 2.45) is 5.92 Å². The molecule has 196 valence electrons. The summed E-state index contributed by atoms with van der Waals surface area (Å²) in [5.41, 5.74) is 4.39. The number of nitrogens with one attached hydrogen (secondary N) is 2. The zero-order chi connectivity index (χ0) is 26.6. The van der Waals surface area contributed by atoms with Gasteiger partial charge in [-0.15, -0.1) is 0 Å². The lowest BCUT2D eigenvalue weighted by Gasteiger charge is -2.32. The minimum absolute atomic E-state index is 0.355. The Morgan fingerprint density at radius 2 is 1.85 bits per heavy atom. The number of imide groups is 1. The number of piperidine rings is 1. The number of hydrogen-bond donors (Lipinski definition) is 2. The van der Waals surface area contributed by atoms with Gasteiger partial charge in [0.1, 0.15) is 0 Å². The molecule has 2 aliphatic rings. The number of carbonyl (C=O) groups excluding carboxylic acids is 2. The Bertz CT molecular complexity index is 1560. The number of fused-ring (bicyclic) bond motifs is 1. The van der Waals surface area contributed by atoms with Gasteiger partial charge in [0.15, 0.2) is 0 Å². The highest BCUT2D eigenvalue weighted by Crippen LogP contribution is 2.31. The third-order valence-corrected chi connectivity index (χ3v) is 8.03. The van der Waals surface area contributed by atoms with Gasteiger partial charge < -0.3 is 10.2 Å². The van der Waals surface area contributed by atoms with Gasteiger partial charge >= 0.3 is 0 Å². The summed E-state index contributed by atoms with van der Waals surface area (Å²) >= 11 is 0.894. The van der Waals surface area contributed by atoms with E-state index in [1.54, 1.807) is 18.3 Å². The first-order valence-electron chi connectivity index (χ1n) is 13.1. The minimum atomic E-state index is -0.379. The van der Waals surface area contributed by atoms with Crippen LogP contribution in [-0.2, 0) is 11.3 Å². The number of thioether (sulfide) groups is 1. The number of hydrogen-bond acceptors (Lipinski definition) is 8. The normalized spacial score (nSPS) is 17.2. The molecule has 0 unspecified atom stereocenters. The molecule has 4 aromatic rings. The number of pyridine rings is 1. The molecule has 4 heterocycles. The highest BCUT2D eigenvalue weighted by molar-refractivity contribution is 8.18. The van der Waals surface area contributed by atoms with Gasteiger partial charge in [-0.3, -0.25) is 19.9 Å². The van der Waals surface area contributed by atoms with Gasteiger partial charge in [0, 0.05) is 43.6 Å². The highest BCUT2D eigenvalue weighted by atomic mass is 32.2. The smallest absolute Gasteiger partial charge is 0.290 e. The van der Waals surface area contributed by atoms with E-state index in [1.165, 1.54) is 22.1 Å². The Morgan fingerprint density at radius 3 is 2.69 bits per heavy atom. The molecular weight excluding hydrogens is 508 g/mol. The fourth-order valence-electron chi connectivity index (χ4n) is 5.19. The number of aromatic nitrogens is 3. The summed E-state index contributed by atoms with van der Waals surface area (Å²) in [6, 6.07) is 18.8. The molecule has 2 fully saturated rings. The van der Waals surface area contributed by atoms with Gasteiger partial charge in [-0.25, -0.2) is 9.97 Å². The maximum Gasteiger partial charge on any atom is 0.290 e. The van der Waals surface area contributed by atoms with Gasteiger partial charge in [0.25, 0.3) is 11.1 Å². The van der Waals surface area contributed by atoms with Crippen molar-refractivity contribution in [2.75, 3.05) is 24.5 Å². The van der Waals surface area contributed by atoms with Crippen LogP contribution in [0.3, 0.4) is 0 Å². The predicted octanol–water partition coefficient (Wildman–Crippen LogP) is 5.02. The van der Waals surface area contributed by atoms with Crippen LogP contribution in [-0.4, -0.2) is 45.7 Å². The fourth-order valence-corrected chi connectivity index (χ4v) is 5.86. The summed E-state index contributed by atoms with van der Waals surface area (Å²) < 4.78 is 0. The van der Waals surface area contributed by atoms with Crippen molar-refractivity contribution in [2.45, 2.75) is 19.4 Å². The number of amides is 2. The topological polar surface area (TPSA) is 100 Å². The molecular formula is C30H28N6O2S.